The number of para-hydroxylation sites is 1. The quantitative estimate of drug-likeness (QED) is 0.278. The molecule has 0 saturated carbocycles. The van der Waals surface area contributed by atoms with E-state index in [2.05, 4.69) is 15.3 Å². The molecule has 4 aromatic rings. The molecule has 2 atom stereocenters. The van der Waals surface area contributed by atoms with Crippen LogP contribution in [-0.4, -0.2) is 53.3 Å². The van der Waals surface area contributed by atoms with Gasteiger partial charge in [-0.1, -0.05) is 6.07 Å². The number of hydrogen-bond donors (Lipinski definition) is 3. The first kappa shape index (κ1) is 25.6. The zero-order valence-corrected chi connectivity index (χ0v) is 20.3. The minimum atomic E-state index is -0.943. The second-order valence-electron chi connectivity index (χ2n) is 8.81. The van der Waals surface area contributed by atoms with Crippen LogP contribution in [0.15, 0.2) is 48.8 Å². The van der Waals surface area contributed by atoms with Crippen molar-refractivity contribution in [3.05, 3.63) is 77.4 Å². The van der Waals surface area contributed by atoms with Crippen LogP contribution in [0.25, 0.3) is 11.0 Å². The molecule has 5 rings (SSSR count). The van der Waals surface area contributed by atoms with Gasteiger partial charge in [0, 0.05) is 18.3 Å². The lowest BCUT2D eigenvalue weighted by Gasteiger charge is -2.29. The minimum Gasteiger partial charge on any atom is -0.493 e. The van der Waals surface area contributed by atoms with Crippen LogP contribution < -0.4 is 14.8 Å². The molecule has 1 aliphatic heterocycles. The molecule has 2 aromatic heterocycles. The number of halogens is 3. The molecule has 2 aromatic carbocycles. The topological polar surface area (TPSA) is 106 Å². The van der Waals surface area contributed by atoms with Gasteiger partial charge in [-0.2, -0.15) is 0 Å². The third kappa shape index (κ3) is 4.90. The zero-order valence-electron chi connectivity index (χ0n) is 20.3. The Hall–Kier alpha value is -4.09. The highest BCUT2D eigenvalue weighted by molar-refractivity contribution is 6.19. The minimum absolute atomic E-state index is 0.0589. The Kier molecular flexibility index (Phi) is 7.21. The number of ketones is 1. The van der Waals surface area contributed by atoms with E-state index in [-0.39, 0.29) is 35.6 Å². The second-order valence-corrected chi connectivity index (χ2v) is 8.81. The molecule has 198 valence electrons. The number of aliphatic hydroxyl groups excluding tert-OH is 1. The van der Waals surface area contributed by atoms with E-state index in [1.807, 2.05) is 0 Å². The fraction of sp³-hybridized carbons (Fsp3) is 0.259. The molecule has 1 fully saturated rings. The largest absolute Gasteiger partial charge is 0.493 e. The SMILES string of the molecule is COc1cnc2[nH]cc(C(=O)c3ccc(Oc4c(F)cccc4F)cc3F)c2c1N[C@@H]1CC[C@@H](CO)OC1. The number of hydrogen-bond acceptors (Lipinski definition) is 7. The molecule has 0 bridgehead atoms. The number of nitrogens with one attached hydrogen (secondary N) is 2. The third-order valence-corrected chi connectivity index (χ3v) is 6.38. The summed E-state index contributed by atoms with van der Waals surface area (Å²) in [5, 5.41) is 13.1. The lowest BCUT2D eigenvalue weighted by atomic mass is 10.0. The molecule has 0 spiro atoms. The fourth-order valence-corrected chi connectivity index (χ4v) is 4.41. The van der Waals surface area contributed by atoms with Gasteiger partial charge in [0.25, 0.3) is 0 Å². The van der Waals surface area contributed by atoms with Gasteiger partial charge in [-0.05, 0) is 37.1 Å². The Balaban J connectivity index is 1.46. The highest BCUT2D eigenvalue weighted by Crippen LogP contribution is 2.37. The first-order valence-corrected chi connectivity index (χ1v) is 11.9. The van der Waals surface area contributed by atoms with Crippen LogP contribution >= 0.6 is 0 Å². The Labute approximate surface area is 215 Å². The number of H-pyrrole nitrogens is 1. The van der Waals surface area contributed by atoms with Gasteiger partial charge in [0.15, 0.2) is 28.9 Å². The van der Waals surface area contributed by atoms with Crippen molar-refractivity contribution < 1.29 is 37.3 Å². The van der Waals surface area contributed by atoms with E-state index in [0.29, 0.717) is 41.9 Å². The van der Waals surface area contributed by atoms with Gasteiger partial charge >= 0.3 is 0 Å². The Bertz CT molecular complexity index is 1460. The number of aromatic nitrogens is 2. The summed E-state index contributed by atoms with van der Waals surface area (Å²) < 4.78 is 59.3. The number of benzene rings is 2. The zero-order chi connectivity index (χ0) is 26.8. The molecule has 3 N–H and O–H groups in total. The molecule has 1 saturated heterocycles. The van der Waals surface area contributed by atoms with Crippen molar-refractivity contribution in [3.63, 3.8) is 0 Å². The normalized spacial score (nSPS) is 17.4. The maximum atomic E-state index is 15.1. The average Bonchev–Trinajstić information content (AvgIpc) is 3.36. The van der Waals surface area contributed by atoms with Crippen LogP contribution in [0.4, 0.5) is 18.9 Å². The smallest absolute Gasteiger partial charge is 0.198 e. The Morgan fingerprint density at radius 2 is 1.95 bits per heavy atom. The monoisotopic (exact) mass is 527 g/mol. The summed E-state index contributed by atoms with van der Waals surface area (Å²) in [7, 11) is 1.47. The van der Waals surface area contributed by atoms with E-state index >= 15 is 4.39 Å². The average molecular weight is 527 g/mol. The standard InChI is InChI=1S/C27H24F3N3O5/c1-36-22-11-32-27-23(24(22)33-14-5-6-16(12-34)37-13-14)18(10-31-27)25(35)17-8-7-15(9-21(17)30)38-26-19(28)3-2-4-20(26)29/h2-4,7-11,14,16,34H,5-6,12-13H2,1H3,(H2,31,32,33)/t14-,16+/m1/s1. The summed E-state index contributed by atoms with van der Waals surface area (Å²) in [6.07, 6.45) is 4.08. The van der Waals surface area contributed by atoms with Crippen molar-refractivity contribution in [2.45, 2.75) is 25.0 Å². The van der Waals surface area contributed by atoms with E-state index < -0.39 is 29.0 Å². The Morgan fingerprint density at radius 3 is 2.61 bits per heavy atom. The number of pyridine rings is 1. The number of fused-ring (bicyclic) bond motifs is 1. The van der Waals surface area contributed by atoms with Crippen LogP contribution in [0.5, 0.6) is 17.2 Å². The first-order chi connectivity index (χ1) is 18.4. The van der Waals surface area contributed by atoms with Gasteiger partial charge in [-0.25, -0.2) is 18.2 Å². The van der Waals surface area contributed by atoms with Crippen LogP contribution in [0, 0.1) is 17.5 Å². The summed E-state index contributed by atoms with van der Waals surface area (Å²) in [6, 6.07) is 6.43. The lowest BCUT2D eigenvalue weighted by Crippen LogP contribution is -2.36. The molecular formula is C27H24F3N3O5. The number of carbonyl (C=O) groups excluding carboxylic acids is 1. The summed E-state index contributed by atoms with van der Waals surface area (Å²) >= 11 is 0. The number of aliphatic hydroxyl groups is 1. The van der Waals surface area contributed by atoms with Crippen molar-refractivity contribution in [1.29, 1.82) is 0 Å². The highest BCUT2D eigenvalue weighted by Gasteiger charge is 2.26. The number of anilines is 1. The van der Waals surface area contributed by atoms with Crippen molar-refractivity contribution in [3.8, 4) is 17.2 Å². The number of methoxy groups -OCH3 is 1. The van der Waals surface area contributed by atoms with Crippen LogP contribution in [0.2, 0.25) is 0 Å². The summed E-state index contributed by atoms with van der Waals surface area (Å²) in [4.78, 5) is 20.7. The van der Waals surface area contributed by atoms with Crippen LogP contribution in [0.1, 0.15) is 28.8 Å². The van der Waals surface area contributed by atoms with Gasteiger partial charge in [0.1, 0.15) is 17.2 Å². The summed E-state index contributed by atoms with van der Waals surface area (Å²) in [5.74, 6) is -3.93. The second kappa shape index (κ2) is 10.7. The lowest BCUT2D eigenvalue weighted by molar-refractivity contribution is -0.0223. The molecule has 11 heteroatoms. The number of rotatable bonds is 8. The predicted molar refractivity (Wildman–Crippen MR) is 132 cm³/mol. The van der Waals surface area contributed by atoms with Crippen LogP contribution in [0.3, 0.4) is 0 Å². The van der Waals surface area contributed by atoms with Crippen molar-refractivity contribution >= 4 is 22.5 Å². The molecule has 0 aliphatic carbocycles. The van der Waals surface area contributed by atoms with Gasteiger partial charge in [0.2, 0.25) is 0 Å². The van der Waals surface area contributed by atoms with E-state index in [9.17, 15) is 18.7 Å². The number of carbonyl (C=O) groups is 1. The molecule has 8 nitrogen and oxygen atoms in total. The van der Waals surface area contributed by atoms with E-state index in [4.69, 9.17) is 14.2 Å². The molecule has 0 radical (unpaired) electrons. The first-order valence-electron chi connectivity index (χ1n) is 11.9. The van der Waals surface area contributed by atoms with E-state index in [0.717, 1.165) is 18.2 Å². The predicted octanol–water partition coefficient (Wildman–Crippen LogP) is 4.96. The van der Waals surface area contributed by atoms with Gasteiger partial charge in [0.05, 0.1) is 54.8 Å². The maximum absolute atomic E-state index is 15.1. The van der Waals surface area contributed by atoms with Gasteiger partial charge < -0.3 is 29.6 Å². The van der Waals surface area contributed by atoms with Gasteiger partial charge in [-0.3, -0.25) is 4.79 Å². The number of aromatic amines is 1. The third-order valence-electron chi connectivity index (χ3n) is 6.38. The van der Waals surface area contributed by atoms with Crippen LogP contribution in [-0.2, 0) is 4.74 Å². The molecule has 3 heterocycles. The summed E-state index contributed by atoms with van der Waals surface area (Å²) in [6.45, 7) is 0.279. The maximum Gasteiger partial charge on any atom is 0.198 e. The highest BCUT2D eigenvalue weighted by atomic mass is 19.1. The Morgan fingerprint density at radius 1 is 1.16 bits per heavy atom. The van der Waals surface area contributed by atoms with Crippen molar-refractivity contribution in [2.75, 3.05) is 25.6 Å². The number of ether oxygens (including phenoxy) is 3. The van der Waals surface area contributed by atoms with E-state index in [1.54, 1.807) is 0 Å². The van der Waals surface area contributed by atoms with Crippen molar-refractivity contribution in [1.82, 2.24) is 9.97 Å². The molecule has 0 unspecified atom stereocenters. The van der Waals surface area contributed by atoms with Crippen molar-refractivity contribution in [2.24, 2.45) is 0 Å². The van der Waals surface area contributed by atoms with Gasteiger partial charge in [-0.15, -0.1) is 0 Å². The summed E-state index contributed by atoms with van der Waals surface area (Å²) in [5.41, 5.74) is 0.755. The molecule has 0 amide bonds. The fourth-order valence-electron chi connectivity index (χ4n) is 4.41. The number of nitrogens with zero attached hydrogens (tertiary/aromatic N) is 1. The molecule has 1 aliphatic rings. The van der Waals surface area contributed by atoms with E-state index in [1.165, 1.54) is 37.7 Å². The molecular weight excluding hydrogens is 503 g/mol. The molecule has 38 heavy (non-hydrogen) atoms.